The number of benzene rings is 1. The van der Waals surface area contributed by atoms with Crippen LogP contribution in [0.3, 0.4) is 0 Å². The average molecular weight is 448 g/mol. The van der Waals surface area contributed by atoms with Gasteiger partial charge < -0.3 is 10.0 Å². The molecule has 1 aliphatic rings. The van der Waals surface area contributed by atoms with Gasteiger partial charge in [0.05, 0.1) is 10.5 Å². The topological polar surface area (TPSA) is 139 Å². The number of carbonyl (C=O) groups excluding carboxylic acids is 1. The smallest absolute Gasteiger partial charge is 0.416 e. The third-order valence-electron chi connectivity index (χ3n) is 4.45. The van der Waals surface area contributed by atoms with Crippen molar-refractivity contribution in [2.75, 3.05) is 19.6 Å². The maximum absolute atomic E-state index is 12.8. The highest BCUT2D eigenvalue weighted by Gasteiger charge is 2.41. The fourth-order valence-corrected chi connectivity index (χ4v) is 4.49. The van der Waals surface area contributed by atoms with Crippen LogP contribution in [0.5, 0.6) is 0 Å². The van der Waals surface area contributed by atoms with E-state index >= 15 is 0 Å². The monoisotopic (exact) mass is 448 g/mol. The Kier molecular flexibility index (Phi) is 5.76. The molecule has 2 heterocycles. The van der Waals surface area contributed by atoms with Gasteiger partial charge >= 0.3 is 12.1 Å². The summed E-state index contributed by atoms with van der Waals surface area (Å²) in [7, 11) is -4.41. The molecule has 1 aromatic heterocycles. The second-order valence-electron chi connectivity index (χ2n) is 6.34. The van der Waals surface area contributed by atoms with E-state index < -0.39 is 51.1 Å². The third kappa shape index (κ3) is 4.40. The van der Waals surface area contributed by atoms with Crippen LogP contribution in [-0.4, -0.2) is 80.5 Å². The lowest BCUT2D eigenvalue weighted by molar-refractivity contribution is -0.146. The lowest BCUT2D eigenvalue weighted by atomic mass is 10.2. The Morgan fingerprint density at radius 1 is 1.17 bits per heavy atom. The number of hydrogen-bond acceptors (Lipinski definition) is 7. The van der Waals surface area contributed by atoms with Gasteiger partial charge in [-0.2, -0.15) is 17.5 Å². The maximum atomic E-state index is 12.8. The van der Waals surface area contributed by atoms with Crippen molar-refractivity contribution in [3.05, 3.63) is 36.2 Å². The van der Waals surface area contributed by atoms with Crippen LogP contribution in [0.4, 0.5) is 13.2 Å². The highest BCUT2D eigenvalue weighted by molar-refractivity contribution is 7.89. The van der Waals surface area contributed by atoms with E-state index in [1.807, 2.05) is 0 Å². The summed E-state index contributed by atoms with van der Waals surface area (Å²) in [4.78, 5) is 24.7. The first-order valence-corrected chi connectivity index (χ1v) is 9.84. The summed E-state index contributed by atoms with van der Waals surface area (Å²) < 4.78 is 65.6. The van der Waals surface area contributed by atoms with Crippen LogP contribution >= 0.6 is 0 Å². The Morgan fingerprint density at radius 2 is 1.83 bits per heavy atom. The molecule has 1 amide bonds. The quantitative estimate of drug-likeness (QED) is 0.657. The Hall–Kier alpha value is -3.07. The molecule has 1 N–H and O–H groups in total. The van der Waals surface area contributed by atoms with Crippen molar-refractivity contribution in [3.63, 3.8) is 0 Å². The maximum Gasteiger partial charge on any atom is 0.416 e. The van der Waals surface area contributed by atoms with E-state index in [9.17, 15) is 36.3 Å². The molecule has 0 unspecified atom stereocenters. The SMILES string of the molecule is O=C(O)[C@H]1CN(C(=O)Cn2cnnn2)CCN1S(=O)(=O)c1ccc(C(F)(F)F)cc1. The molecular formula is C15H15F3N6O5S. The van der Waals surface area contributed by atoms with Crippen molar-refractivity contribution in [1.29, 1.82) is 0 Å². The molecular weight excluding hydrogens is 433 g/mol. The third-order valence-corrected chi connectivity index (χ3v) is 6.37. The highest BCUT2D eigenvalue weighted by Crippen LogP contribution is 2.30. The van der Waals surface area contributed by atoms with Crippen molar-refractivity contribution < 1.29 is 36.3 Å². The first kappa shape index (κ1) is 21.6. The number of hydrogen-bond donors (Lipinski definition) is 1. The Bertz CT molecular complexity index is 1030. The average Bonchev–Trinajstić information content (AvgIpc) is 3.20. The van der Waals surface area contributed by atoms with Gasteiger partial charge in [0.15, 0.2) is 0 Å². The fraction of sp³-hybridized carbons (Fsp3) is 0.400. The van der Waals surface area contributed by atoms with Crippen LogP contribution in [0, 0.1) is 0 Å². The van der Waals surface area contributed by atoms with Crippen molar-refractivity contribution in [3.8, 4) is 0 Å². The molecule has 0 aliphatic carbocycles. The Balaban J connectivity index is 1.79. The summed E-state index contributed by atoms with van der Waals surface area (Å²) in [6.07, 6.45) is -3.45. The van der Waals surface area contributed by atoms with Gasteiger partial charge in [-0.15, -0.1) is 5.10 Å². The molecule has 0 bridgehead atoms. The lowest BCUT2D eigenvalue weighted by Gasteiger charge is -2.38. The van der Waals surface area contributed by atoms with Crippen LogP contribution in [-0.2, 0) is 32.3 Å². The molecule has 0 saturated carbocycles. The van der Waals surface area contributed by atoms with E-state index in [-0.39, 0.29) is 19.6 Å². The van der Waals surface area contributed by atoms with Crippen LogP contribution < -0.4 is 0 Å². The number of piperazine rings is 1. The Morgan fingerprint density at radius 3 is 2.37 bits per heavy atom. The van der Waals surface area contributed by atoms with Crippen LogP contribution in [0.2, 0.25) is 0 Å². The zero-order valence-electron chi connectivity index (χ0n) is 15.1. The first-order chi connectivity index (χ1) is 14.0. The van der Waals surface area contributed by atoms with Gasteiger partial charge in [-0.3, -0.25) is 9.59 Å². The van der Waals surface area contributed by atoms with E-state index in [0.29, 0.717) is 16.4 Å². The summed E-state index contributed by atoms with van der Waals surface area (Å²) in [5, 5.41) is 19.8. The predicted molar refractivity (Wildman–Crippen MR) is 91.2 cm³/mol. The molecule has 1 fully saturated rings. The number of carboxylic acid groups (broad SMARTS) is 1. The number of aliphatic carboxylic acids is 1. The molecule has 162 valence electrons. The molecule has 1 aliphatic heterocycles. The molecule has 1 saturated heterocycles. The zero-order valence-corrected chi connectivity index (χ0v) is 15.9. The van der Waals surface area contributed by atoms with E-state index in [1.54, 1.807) is 0 Å². The molecule has 1 atom stereocenters. The molecule has 0 radical (unpaired) electrons. The predicted octanol–water partition coefficient (Wildman–Crippen LogP) is -0.322. The second kappa shape index (κ2) is 7.98. The molecule has 2 aromatic rings. The zero-order chi connectivity index (χ0) is 22.1. The summed E-state index contributed by atoms with van der Waals surface area (Å²) in [5.74, 6) is -2.01. The van der Waals surface area contributed by atoms with Gasteiger partial charge in [-0.1, -0.05) is 0 Å². The van der Waals surface area contributed by atoms with E-state index in [2.05, 4.69) is 15.5 Å². The highest BCUT2D eigenvalue weighted by atomic mass is 32.2. The minimum Gasteiger partial charge on any atom is -0.480 e. The molecule has 15 heteroatoms. The minimum atomic E-state index is -4.64. The number of alkyl halides is 3. The van der Waals surface area contributed by atoms with Gasteiger partial charge in [0, 0.05) is 19.6 Å². The molecule has 3 rings (SSSR count). The molecule has 1 aromatic carbocycles. The molecule has 11 nitrogen and oxygen atoms in total. The largest absolute Gasteiger partial charge is 0.480 e. The van der Waals surface area contributed by atoms with E-state index in [1.165, 1.54) is 11.2 Å². The van der Waals surface area contributed by atoms with Crippen LogP contribution in [0.25, 0.3) is 0 Å². The van der Waals surface area contributed by atoms with Crippen molar-refractivity contribution in [2.45, 2.75) is 23.7 Å². The normalized spacial score (nSPS) is 18.4. The van der Waals surface area contributed by atoms with Gasteiger partial charge in [-0.05, 0) is 34.7 Å². The summed E-state index contributed by atoms with van der Waals surface area (Å²) in [6.45, 7) is -1.15. The second-order valence-corrected chi connectivity index (χ2v) is 8.23. The number of aromatic nitrogens is 4. The standard InChI is InChI=1S/C15H15F3N6O5S/c16-15(17,18)10-1-3-11(4-2-10)30(28,29)24-6-5-22(7-12(24)14(26)27)13(25)8-23-9-19-20-21-23/h1-4,9,12H,5-8H2,(H,26,27)/t12-/m1/s1. The van der Waals surface area contributed by atoms with E-state index in [4.69, 9.17) is 0 Å². The van der Waals surface area contributed by atoms with Crippen molar-refractivity contribution in [2.24, 2.45) is 0 Å². The number of rotatable bonds is 5. The molecule has 0 spiro atoms. The van der Waals surface area contributed by atoms with Gasteiger partial charge in [0.1, 0.15) is 18.9 Å². The number of tetrazole rings is 1. The Labute approximate surface area is 167 Å². The number of carbonyl (C=O) groups is 2. The number of halogens is 3. The number of amides is 1. The van der Waals surface area contributed by atoms with Gasteiger partial charge in [0.25, 0.3) is 0 Å². The fourth-order valence-electron chi connectivity index (χ4n) is 2.92. The summed E-state index contributed by atoms with van der Waals surface area (Å²) >= 11 is 0. The summed E-state index contributed by atoms with van der Waals surface area (Å²) in [6, 6.07) is 1.14. The van der Waals surface area contributed by atoms with Crippen molar-refractivity contribution in [1.82, 2.24) is 29.4 Å². The van der Waals surface area contributed by atoms with E-state index in [0.717, 1.165) is 16.8 Å². The van der Waals surface area contributed by atoms with Crippen molar-refractivity contribution >= 4 is 21.9 Å². The number of nitrogens with zero attached hydrogens (tertiary/aromatic N) is 6. The van der Waals surface area contributed by atoms with Crippen LogP contribution in [0.15, 0.2) is 35.5 Å². The molecule has 30 heavy (non-hydrogen) atoms. The van der Waals surface area contributed by atoms with Gasteiger partial charge in [-0.25, -0.2) is 13.1 Å². The van der Waals surface area contributed by atoms with Crippen LogP contribution in [0.1, 0.15) is 5.56 Å². The first-order valence-electron chi connectivity index (χ1n) is 8.40. The number of carboxylic acids is 1. The minimum absolute atomic E-state index is 0.107. The lowest BCUT2D eigenvalue weighted by Crippen LogP contribution is -2.59. The van der Waals surface area contributed by atoms with Gasteiger partial charge in [0.2, 0.25) is 15.9 Å². The summed E-state index contributed by atoms with van der Waals surface area (Å²) in [5.41, 5.74) is -1.03. The number of sulfonamides is 1.